The number of carbonyl (C=O) groups excluding carboxylic acids is 1. The van der Waals surface area contributed by atoms with E-state index in [-0.39, 0.29) is 15.8 Å². The summed E-state index contributed by atoms with van der Waals surface area (Å²) in [6.45, 7) is 1.85. The number of rotatable bonds is 7. The zero-order valence-electron chi connectivity index (χ0n) is 17.4. The number of likely N-dealkylation sites (N-methyl/N-ethyl adjacent to an activating group) is 1. The molecule has 4 aromatic rings. The molecule has 0 bridgehead atoms. The number of aromatic nitrogens is 1. The highest BCUT2D eigenvalue weighted by Crippen LogP contribution is 2.26. The first-order valence-electron chi connectivity index (χ1n) is 9.94. The second-order valence-corrected chi connectivity index (χ2v) is 9.28. The van der Waals surface area contributed by atoms with Crippen molar-refractivity contribution in [2.75, 3.05) is 27.2 Å². The fourth-order valence-corrected chi connectivity index (χ4v) is 4.63. The van der Waals surface area contributed by atoms with Gasteiger partial charge in [-0.05, 0) is 24.3 Å². The van der Waals surface area contributed by atoms with Crippen molar-refractivity contribution in [2.45, 2.75) is 6.54 Å². The molecule has 0 saturated carbocycles. The molecule has 0 aliphatic rings. The Balaban J connectivity index is 1.44. The van der Waals surface area contributed by atoms with E-state index >= 15 is 0 Å². The number of quaternary nitrogens is 1. The average Bonchev–Trinajstić information content (AvgIpc) is 3.19. The van der Waals surface area contributed by atoms with Gasteiger partial charge in [0.1, 0.15) is 6.54 Å². The number of pyridine rings is 1. The van der Waals surface area contributed by atoms with Crippen LogP contribution in [0.4, 0.5) is 5.00 Å². The van der Waals surface area contributed by atoms with Gasteiger partial charge in [-0.2, -0.15) is 0 Å². The van der Waals surface area contributed by atoms with Gasteiger partial charge in [0.05, 0.1) is 53.6 Å². The molecule has 2 aromatic heterocycles. The number of nitrogens with zero attached hydrogens (tertiary/aromatic N) is 3. The molecule has 1 amide bonds. The van der Waals surface area contributed by atoms with Gasteiger partial charge in [0.25, 0.3) is 5.91 Å². The summed E-state index contributed by atoms with van der Waals surface area (Å²) in [5.74, 6) is -0.153. The molecule has 0 spiro atoms. The predicted molar refractivity (Wildman–Crippen MR) is 123 cm³/mol. The first-order valence-corrected chi connectivity index (χ1v) is 10.8. The van der Waals surface area contributed by atoms with Crippen molar-refractivity contribution < 1.29 is 14.2 Å². The van der Waals surface area contributed by atoms with Gasteiger partial charge in [-0.25, -0.2) is 4.98 Å². The lowest BCUT2D eigenvalue weighted by molar-refractivity contribution is -0.902. The summed E-state index contributed by atoms with van der Waals surface area (Å²) < 4.78 is 0.608. The van der Waals surface area contributed by atoms with E-state index in [1.165, 1.54) is 11.3 Å². The Hall–Kier alpha value is -3.36. The van der Waals surface area contributed by atoms with E-state index in [0.29, 0.717) is 35.2 Å². The van der Waals surface area contributed by atoms with Crippen LogP contribution in [0, 0.1) is 10.1 Å². The number of hydrogen-bond acceptors (Lipinski definition) is 5. The van der Waals surface area contributed by atoms with Gasteiger partial charge in [0.15, 0.2) is 0 Å². The molecule has 31 heavy (non-hydrogen) atoms. The minimum Gasteiger partial charge on any atom is -0.346 e. The molecule has 0 radical (unpaired) electrons. The SMILES string of the molecule is C[N+](C)(CCNC(=O)c1cccc2cc3ccccc3nc12)Cc1ccc([N+](=O)[O-])s1. The number of nitro groups is 1. The maximum Gasteiger partial charge on any atom is 0.324 e. The van der Waals surface area contributed by atoms with E-state index in [1.807, 2.05) is 50.5 Å². The average molecular weight is 436 g/mol. The van der Waals surface area contributed by atoms with E-state index in [9.17, 15) is 14.9 Å². The Morgan fingerprint density at radius 2 is 1.87 bits per heavy atom. The molecule has 7 nitrogen and oxygen atoms in total. The Morgan fingerprint density at radius 1 is 1.10 bits per heavy atom. The van der Waals surface area contributed by atoms with Gasteiger partial charge in [0.2, 0.25) is 0 Å². The summed E-state index contributed by atoms with van der Waals surface area (Å²) in [5.41, 5.74) is 2.11. The number of benzene rings is 2. The Morgan fingerprint density at radius 3 is 2.65 bits per heavy atom. The van der Waals surface area contributed by atoms with Crippen LogP contribution in [0.1, 0.15) is 15.2 Å². The number of hydrogen-bond donors (Lipinski definition) is 1. The highest BCUT2D eigenvalue weighted by atomic mass is 32.1. The van der Waals surface area contributed by atoms with Crippen LogP contribution in [-0.4, -0.2) is 47.5 Å². The Kier molecular flexibility index (Phi) is 5.67. The van der Waals surface area contributed by atoms with Gasteiger partial charge < -0.3 is 9.80 Å². The highest BCUT2D eigenvalue weighted by molar-refractivity contribution is 7.15. The largest absolute Gasteiger partial charge is 0.346 e. The van der Waals surface area contributed by atoms with Gasteiger partial charge in [-0.1, -0.05) is 41.7 Å². The summed E-state index contributed by atoms with van der Waals surface area (Å²) in [6, 6.07) is 18.9. The fraction of sp³-hybridized carbons (Fsp3) is 0.217. The van der Waals surface area contributed by atoms with Crippen LogP contribution in [0.25, 0.3) is 21.8 Å². The summed E-state index contributed by atoms with van der Waals surface area (Å²) in [5, 5.41) is 16.0. The molecule has 0 fully saturated rings. The Labute approximate surface area is 183 Å². The molecule has 0 aliphatic carbocycles. The van der Waals surface area contributed by atoms with Gasteiger partial charge in [-0.15, -0.1) is 0 Å². The lowest BCUT2D eigenvalue weighted by atomic mass is 10.1. The molecule has 0 unspecified atom stereocenters. The molecule has 4 rings (SSSR count). The molecule has 2 heterocycles. The minimum absolute atomic E-state index is 0.152. The smallest absolute Gasteiger partial charge is 0.324 e. The minimum atomic E-state index is -0.365. The number of thiophene rings is 1. The number of fused-ring (bicyclic) bond motifs is 2. The standard InChI is InChI=1S/C23H22N4O3S/c1-27(2,15-18-10-11-21(31-18)26(29)30)13-12-24-23(28)19-8-5-7-17-14-16-6-3-4-9-20(16)25-22(17)19/h3-11,14H,12-13,15H2,1-2H3/p+1. The van der Waals surface area contributed by atoms with Crippen LogP contribution < -0.4 is 5.32 Å². The molecule has 2 aromatic carbocycles. The van der Waals surface area contributed by atoms with E-state index in [4.69, 9.17) is 4.98 Å². The van der Waals surface area contributed by atoms with Crippen molar-refractivity contribution in [3.63, 3.8) is 0 Å². The Bertz CT molecular complexity index is 1280. The van der Waals surface area contributed by atoms with Gasteiger partial charge in [-0.3, -0.25) is 14.9 Å². The third-order valence-electron chi connectivity index (χ3n) is 5.21. The van der Waals surface area contributed by atoms with Crippen LogP contribution in [0.3, 0.4) is 0 Å². The van der Waals surface area contributed by atoms with Crippen molar-refractivity contribution in [1.29, 1.82) is 0 Å². The van der Waals surface area contributed by atoms with E-state index in [1.54, 1.807) is 18.2 Å². The third kappa shape index (κ3) is 4.70. The van der Waals surface area contributed by atoms with Gasteiger partial charge in [0, 0.05) is 16.8 Å². The van der Waals surface area contributed by atoms with Crippen molar-refractivity contribution in [1.82, 2.24) is 10.3 Å². The quantitative estimate of drug-likeness (QED) is 0.202. The zero-order chi connectivity index (χ0) is 22.0. The van der Waals surface area contributed by atoms with E-state index < -0.39 is 0 Å². The summed E-state index contributed by atoms with van der Waals surface area (Å²) in [4.78, 5) is 29.1. The number of carbonyl (C=O) groups is 1. The molecule has 0 saturated heterocycles. The van der Waals surface area contributed by atoms with E-state index in [0.717, 1.165) is 21.2 Å². The third-order valence-corrected chi connectivity index (χ3v) is 6.23. The van der Waals surface area contributed by atoms with Crippen molar-refractivity contribution >= 4 is 44.1 Å². The van der Waals surface area contributed by atoms with E-state index in [2.05, 4.69) is 11.4 Å². The summed E-state index contributed by atoms with van der Waals surface area (Å²) >= 11 is 1.20. The first-order chi connectivity index (χ1) is 14.8. The predicted octanol–water partition coefficient (Wildman–Crippen LogP) is 4.36. The number of amides is 1. The van der Waals surface area contributed by atoms with Crippen LogP contribution in [0.15, 0.2) is 60.7 Å². The second kappa shape index (κ2) is 8.41. The molecule has 0 aliphatic heterocycles. The first kappa shape index (κ1) is 20.9. The topological polar surface area (TPSA) is 85.1 Å². The summed E-state index contributed by atoms with van der Waals surface area (Å²) in [6.07, 6.45) is 0. The number of para-hydroxylation sites is 2. The lowest BCUT2D eigenvalue weighted by Crippen LogP contribution is -2.44. The molecule has 158 valence electrons. The molecule has 8 heteroatoms. The second-order valence-electron chi connectivity index (χ2n) is 8.13. The van der Waals surface area contributed by atoms with Crippen LogP contribution >= 0.6 is 11.3 Å². The van der Waals surface area contributed by atoms with Crippen LogP contribution in [0.5, 0.6) is 0 Å². The van der Waals surface area contributed by atoms with Gasteiger partial charge >= 0.3 is 5.00 Å². The molecule has 0 atom stereocenters. The molecular formula is C23H23N4O3S+. The van der Waals surface area contributed by atoms with Crippen molar-refractivity contribution in [3.05, 3.63) is 81.2 Å². The monoisotopic (exact) mass is 435 g/mol. The maximum absolute atomic E-state index is 12.9. The zero-order valence-corrected chi connectivity index (χ0v) is 18.2. The maximum atomic E-state index is 12.9. The number of nitrogens with one attached hydrogen (secondary N) is 1. The highest BCUT2D eigenvalue weighted by Gasteiger charge is 2.20. The molecule has 1 N–H and O–H groups in total. The van der Waals surface area contributed by atoms with Crippen molar-refractivity contribution in [2.24, 2.45) is 0 Å². The lowest BCUT2D eigenvalue weighted by Gasteiger charge is -2.29. The molecular weight excluding hydrogens is 412 g/mol. The van der Waals surface area contributed by atoms with Crippen LogP contribution in [0.2, 0.25) is 0 Å². The van der Waals surface area contributed by atoms with Crippen LogP contribution in [-0.2, 0) is 6.54 Å². The van der Waals surface area contributed by atoms with Crippen molar-refractivity contribution in [3.8, 4) is 0 Å². The normalized spacial score (nSPS) is 11.7. The fourth-order valence-electron chi connectivity index (χ4n) is 3.60. The summed E-state index contributed by atoms with van der Waals surface area (Å²) in [7, 11) is 4.09.